The van der Waals surface area contributed by atoms with Gasteiger partial charge in [0.15, 0.2) is 0 Å². The molecule has 0 aliphatic carbocycles. The number of hydrogen-bond acceptors (Lipinski definition) is 4. The van der Waals surface area contributed by atoms with E-state index in [1.54, 1.807) is 39.0 Å². The topological polar surface area (TPSA) is 87.7 Å². The Labute approximate surface area is 160 Å². The van der Waals surface area contributed by atoms with Crippen LogP contribution in [0.4, 0.5) is 10.5 Å². The second kappa shape index (κ2) is 8.88. The molecule has 7 nitrogen and oxygen atoms in total. The van der Waals surface area contributed by atoms with Crippen molar-refractivity contribution < 1.29 is 19.1 Å². The lowest BCUT2D eigenvalue weighted by Crippen LogP contribution is -2.34. The van der Waals surface area contributed by atoms with Crippen LogP contribution in [0.2, 0.25) is 0 Å². The quantitative estimate of drug-likeness (QED) is 0.828. The maximum atomic E-state index is 12.6. The van der Waals surface area contributed by atoms with Gasteiger partial charge in [0.05, 0.1) is 0 Å². The SMILES string of the molecule is Cc1c(NC(=O)CCNC(=O)OC(C)(C)C)cccc1C(=O)N1CCCC1. The zero-order chi connectivity index (χ0) is 20.0. The molecule has 1 aromatic rings. The number of ether oxygens (including phenoxy) is 1. The molecule has 2 rings (SSSR count). The summed E-state index contributed by atoms with van der Waals surface area (Å²) < 4.78 is 5.12. The predicted octanol–water partition coefficient (Wildman–Crippen LogP) is 3.08. The smallest absolute Gasteiger partial charge is 0.407 e. The second-order valence-corrected chi connectivity index (χ2v) is 7.70. The van der Waals surface area contributed by atoms with Crippen LogP contribution in [0.15, 0.2) is 18.2 Å². The number of carbonyl (C=O) groups excluding carboxylic acids is 3. The lowest BCUT2D eigenvalue weighted by molar-refractivity contribution is -0.116. The molecule has 0 spiro atoms. The van der Waals surface area contributed by atoms with Crippen molar-refractivity contribution in [2.24, 2.45) is 0 Å². The molecule has 0 saturated carbocycles. The molecule has 2 N–H and O–H groups in total. The highest BCUT2D eigenvalue weighted by Gasteiger charge is 2.22. The molecule has 1 saturated heterocycles. The Hall–Kier alpha value is -2.57. The van der Waals surface area contributed by atoms with Crippen molar-refractivity contribution in [3.63, 3.8) is 0 Å². The van der Waals surface area contributed by atoms with E-state index in [-0.39, 0.29) is 24.8 Å². The summed E-state index contributed by atoms with van der Waals surface area (Å²) in [6, 6.07) is 5.33. The number of benzene rings is 1. The number of carbonyl (C=O) groups is 3. The Kier molecular flexibility index (Phi) is 6.82. The Bertz CT molecular complexity index is 704. The van der Waals surface area contributed by atoms with E-state index in [1.165, 1.54) is 0 Å². The molecule has 1 aliphatic rings. The number of amides is 3. The largest absolute Gasteiger partial charge is 0.444 e. The van der Waals surface area contributed by atoms with E-state index in [0.717, 1.165) is 31.5 Å². The minimum Gasteiger partial charge on any atom is -0.444 e. The van der Waals surface area contributed by atoms with E-state index in [2.05, 4.69) is 10.6 Å². The van der Waals surface area contributed by atoms with Crippen molar-refractivity contribution in [2.45, 2.75) is 52.6 Å². The molecule has 7 heteroatoms. The van der Waals surface area contributed by atoms with Crippen LogP contribution in [-0.4, -0.2) is 48.0 Å². The average Bonchev–Trinajstić information content (AvgIpc) is 3.09. The van der Waals surface area contributed by atoms with Crippen LogP contribution in [0.3, 0.4) is 0 Å². The molecule has 0 atom stereocenters. The van der Waals surface area contributed by atoms with E-state index < -0.39 is 11.7 Å². The standard InChI is InChI=1S/C20H29N3O4/c1-14-15(18(25)23-12-5-6-13-23)8-7-9-16(14)22-17(24)10-11-21-19(26)27-20(2,3)4/h7-9H,5-6,10-13H2,1-4H3,(H,21,26)(H,22,24). The van der Waals surface area contributed by atoms with Gasteiger partial charge in [-0.15, -0.1) is 0 Å². The van der Waals surface area contributed by atoms with Gasteiger partial charge in [-0.2, -0.15) is 0 Å². The molecule has 0 aromatic heterocycles. The summed E-state index contributed by atoms with van der Waals surface area (Å²) in [7, 11) is 0. The van der Waals surface area contributed by atoms with E-state index in [9.17, 15) is 14.4 Å². The van der Waals surface area contributed by atoms with Crippen LogP contribution in [-0.2, 0) is 9.53 Å². The van der Waals surface area contributed by atoms with Gasteiger partial charge in [-0.3, -0.25) is 9.59 Å². The van der Waals surface area contributed by atoms with Crippen LogP contribution in [0.1, 0.15) is 56.0 Å². The number of anilines is 1. The fraction of sp³-hybridized carbons (Fsp3) is 0.550. The van der Waals surface area contributed by atoms with Crippen LogP contribution in [0.5, 0.6) is 0 Å². The fourth-order valence-electron chi connectivity index (χ4n) is 2.90. The van der Waals surface area contributed by atoms with Crippen molar-refractivity contribution in [3.8, 4) is 0 Å². The average molecular weight is 375 g/mol. The molecule has 3 amide bonds. The lowest BCUT2D eigenvalue weighted by atomic mass is 10.1. The molecule has 148 valence electrons. The van der Waals surface area contributed by atoms with Gasteiger partial charge in [-0.1, -0.05) is 6.07 Å². The Morgan fingerprint density at radius 3 is 2.44 bits per heavy atom. The normalized spacial score (nSPS) is 14.0. The highest BCUT2D eigenvalue weighted by Crippen LogP contribution is 2.22. The van der Waals surface area contributed by atoms with Crippen molar-refractivity contribution in [1.29, 1.82) is 0 Å². The van der Waals surface area contributed by atoms with E-state index >= 15 is 0 Å². The van der Waals surface area contributed by atoms with E-state index in [0.29, 0.717) is 11.3 Å². The molecule has 27 heavy (non-hydrogen) atoms. The number of rotatable bonds is 5. The van der Waals surface area contributed by atoms with Gasteiger partial charge < -0.3 is 20.3 Å². The first-order valence-corrected chi connectivity index (χ1v) is 9.33. The summed E-state index contributed by atoms with van der Waals surface area (Å²) in [5.41, 5.74) is 1.40. The summed E-state index contributed by atoms with van der Waals surface area (Å²) in [6.45, 7) is 8.90. The van der Waals surface area contributed by atoms with Crippen LogP contribution in [0.25, 0.3) is 0 Å². The fourth-order valence-corrected chi connectivity index (χ4v) is 2.90. The molecule has 1 aliphatic heterocycles. The molecule has 1 fully saturated rings. The second-order valence-electron chi connectivity index (χ2n) is 7.70. The van der Waals surface area contributed by atoms with Crippen LogP contribution >= 0.6 is 0 Å². The lowest BCUT2D eigenvalue weighted by Gasteiger charge is -2.19. The summed E-state index contributed by atoms with van der Waals surface area (Å²) in [5, 5.41) is 5.37. The van der Waals surface area contributed by atoms with Gasteiger partial charge in [0, 0.05) is 37.3 Å². The van der Waals surface area contributed by atoms with Crippen molar-refractivity contribution in [1.82, 2.24) is 10.2 Å². The van der Waals surface area contributed by atoms with Gasteiger partial charge in [-0.05, 0) is 58.2 Å². The maximum absolute atomic E-state index is 12.6. The van der Waals surface area contributed by atoms with Crippen molar-refractivity contribution in [3.05, 3.63) is 29.3 Å². The minimum atomic E-state index is -0.578. The number of likely N-dealkylation sites (tertiary alicyclic amines) is 1. The first kappa shape index (κ1) is 20.7. The van der Waals surface area contributed by atoms with Gasteiger partial charge in [-0.25, -0.2) is 4.79 Å². The minimum absolute atomic E-state index is 0.00712. The summed E-state index contributed by atoms with van der Waals surface area (Å²) >= 11 is 0. The van der Waals surface area contributed by atoms with Crippen LogP contribution < -0.4 is 10.6 Å². The van der Waals surface area contributed by atoms with E-state index in [4.69, 9.17) is 4.74 Å². The number of alkyl carbamates (subject to hydrolysis) is 1. The summed E-state index contributed by atoms with van der Waals surface area (Å²) in [6.07, 6.45) is 1.63. The molecule has 0 radical (unpaired) electrons. The molecule has 1 heterocycles. The van der Waals surface area contributed by atoms with Crippen LogP contribution in [0, 0.1) is 6.92 Å². The predicted molar refractivity (Wildman–Crippen MR) is 104 cm³/mol. The first-order chi connectivity index (χ1) is 12.7. The first-order valence-electron chi connectivity index (χ1n) is 9.33. The zero-order valence-corrected chi connectivity index (χ0v) is 16.6. The highest BCUT2D eigenvalue weighted by molar-refractivity contribution is 5.99. The van der Waals surface area contributed by atoms with Gasteiger partial charge >= 0.3 is 6.09 Å². The molecular weight excluding hydrogens is 346 g/mol. The Morgan fingerprint density at radius 1 is 1.15 bits per heavy atom. The van der Waals surface area contributed by atoms with Crippen molar-refractivity contribution in [2.75, 3.05) is 25.0 Å². The molecule has 0 unspecified atom stereocenters. The third-order valence-corrected chi connectivity index (χ3v) is 4.25. The van der Waals surface area contributed by atoms with E-state index in [1.807, 2.05) is 11.8 Å². The van der Waals surface area contributed by atoms with Gasteiger partial charge in [0.25, 0.3) is 5.91 Å². The number of nitrogens with zero attached hydrogens (tertiary/aromatic N) is 1. The summed E-state index contributed by atoms with van der Waals surface area (Å²) in [5.74, 6) is -0.229. The Morgan fingerprint density at radius 2 is 1.81 bits per heavy atom. The molecule has 1 aromatic carbocycles. The monoisotopic (exact) mass is 375 g/mol. The molecule has 0 bridgehead atoms. The number of hydrogen-bond donors (Lipinski definition) is 2. The number of nitrogens with one attached hydrogen (secondary N) is 2. The molecular formula is C20H29N3O4. The van der Waals surface area contributed by atoms with Gasteiger partial charge in [0.2, 0.25) is 5.91 Å². The third-order valence-electron chi connectivity index (χ3n) is 4.25. The highest BCUT2D eigenvalue weighted by atomic mass is 16.6. The zero-order valence-electron chi connectivity index (χ0n) is 16.6. The van der Waals surface area contributed by atoms with Gasteiger partial charge in [0.1, 0.15) is 5.60 Å². The maximum Gasteiger partial charge on any atom is 0.407 e. The Balaban J connectivity index is 1.89. The third kappa shape index (κ3) is 6.27. The summed E-state index contributed by atoms with van der Waals surface area (Å²) in [4.78, 5) is 38.2. The van der Waals surface area contributed by atoms with Crippen molar-refractivity contribution >= 4 is 23.6 Å².